The van der Waals surface area contributed by atoms with Crippen molar-refractivity contribution in [2.24, 2.45) is 5.73 Å². The third kappa shape index (κ3) is 4.40. The summed E-state index contributed by atoms with van der Waals surface area (Å²) in [4.78, 5) is 52.3. The van der Waals surface area contributed by atoms with Crippen molar-refractivity contribution in [1.29, 1.82) is 0 Å². The van der Waals surface area contributed by atoms with Gasteiger partial charge in [-0.15, -0.1) is 0 Å². The van der Waals surface area contributed by atoms with Crippen LogP contribution in [0.4, 0.5) is 5.69 Å². The first kappa shape index (κ1) is 20.4. The molecule has 0 aliphatic rings. The Hall–Kier alpha value is -3.33. The van der Waals surface area contributed by atoms with Crippen LogP contribution in [-0.2, 0) is 4.79 Å². The largest absolute Gasteiger partial charge is 0.366 e. The molecule has 0 saturated carbocycles. The minimum Gasteiger partial charge on any atom is -0.366 e. The van der Waals surface area contributed by atoms with E-state index < -0.39 is 29.1 Å². The van der Waals surface area contributed by atoms with Crippen molar-refractivity contribution < 1.29 is 9.59 Å². The van der Waals surface area contributed by atoms with Gasteiger partial charge in [0.25, 0.3) is 5.56 Å². The summed E-state index contributed by atoms with van der Waals surface area (Å²) in [7, 11) is 0. The van der Waals surface area contributed by atoms with Gasteiger partial charge in [0.15, 0.2) is 0 Å². The van der Waals surface area contributed by atoms with Crippen molar-refractivity contribution >= 4 is 40.2 Å². The number of thioether (sulfide) groups is 1. The van der Waals surface area contributed by atoms with Crippen molar-refractivity contribution in [2.45, 2.75) is 12.5 Å². The van der Waals surface area contributed by atoms with Gasteiger partial charge in [0.05, 0.1) is 10.9 Å². The average Bonchev–Trinajstić information content (AvgIpc) is 2.70. The molecule has 3 rings (SSSR count). The Labute approximate surface area is 170 Å². The molecule has 0 fully saturated rings. The van der Waals surface area contributed by atoms with Crippen LogP contribution in [0.1, 0.15) is 22.8 Å². The number of nitrogens with zero attached hydrogens (tertiary/aromatic N) is 1. The fourth-order valence-corrected chi connectivity index (χ4v) is 3.47. The number of nitrogens with one attached hydrogen (secondary N) is 2. The first-order valence-electron chi connectivity index (χ1n) is 8.85. The maximum absolute atomic E-state index is 13.0. The Balaban J connectivity index is 1.98. The standard InChI is InChI=1S/C20H20N4O4S/c1-29-11-10-16(18(26)22-13-8-6-12(7-9-13)17(21)25)24-19(27)14-4-2-3-5-15(14)23-20(24)28/h2-9,16H,10-11H2,1H3,(H2,21,25)(H,22,26)(H,23,28). The van der Waals surface area contributed by atoms with E-state index in [-0.39, 0.29) is 0 Å². The van der Waals surface area contributed by atoms with E-state index in [1.807, 2.05) is 6.26 Å². The van der Waals surface area contributed by atoms with E-state index in [0.717, 1.165) is 4.57 Å². The molecule has 0 saturated heterocycles. The molecule has 0 aliphatic carbocycles. The Morgan fingerprint density at radius 3 is 2.48 bits per heavy atom. The van der Waals surface area contributed by atoms with E-state index in [9.17, 15) is 19.2 Å². The Bertz CT molecular complexity index is 1170. The second-order valence-electron chi connectivity index (χ2n) is 6.38. The van der Waals surface area contributed by atoms with Crippen LogP contribution in [-0.4, -0.2) is 33.4 Å². The van der Waals surface area contributed by atoms with Crippen LogP contribution in [0, 0.1) is 0 Å². The summed E-state index contributed by atoms with van der Waals surface area (Å²) < 4.78 is 0.964. The summed E-state index contributed by atoms with van der Waals surface area (Å²) in [6.45, 7) is 0. The number of carbonyl (C=O) groups is 2. The van der Waals surface area contributed by atoms with Gasteiger partial charge in [0, 0.05) is 11.3 Å². The number of aromatic nitrogens is 2. The number of carbonyl (C=O) groups excluding carboxylic acids is 2. The minimum absolute atomic E-state index is 0.299. The van der Waals surface area contributed by atoms with Crippen molar-refractivity contribution in [3.05, 3.63) is 74.9 Å². The highest BCUT2D eigenvalue weighted by Crippen LogP contribution is 2.17. The van der Waals surface area contributed by atoms with Crippen LogP contribution in [0.25, 0.3) is 10.9 Å². The summed E-state index contributed by atoms with van der Waals surface area (Å²) >= 11 is 1.51. The van der Waals surface area contributed by atoms with Gasteiger partial charge in [-0.1, -0.05) is 12.1 Å². The van der Waals surface area contributed by atoms with E-state index >= 15 is 0 Å². The molecule has 0 spiro atoms. The molecule has 1 unspecified atom stereocenters. The zero-order valence-electron chi connectivity index (χ0n) is 15.7. The number of aromatic amines is 1. The highest BCUT2D eigenvalue weighted by atomic mass is 32.2. The lowest BCUT2D eigenvalue weighted by Crippen LogP contribution is -2.43. The number of hydrogen-bond donors (Lipinski definition) is 3. The fraction of sp³-hybridized carbons (Fsp3) is 0.200. The number of para-hydroxylation sites is 1. The number of nitrogens with two attached hydrogens (primary N) is 1. The first-order valence-corrected chi connectivity index (χ1v) is 10.2. The van der Waals surface area contributed by atoms with Gasteiger partial charge in [-0.3, -0.25) is 14.4 Å². The molecule has 8 nitrogen and oxygen atoms in total. The second-order valence-corrected chi connectivity index (χ2v) is 7.36. The van der Waals surface area contributed by atoms with Crippen LogP contribution >= 0.6 is 11.8 Å². The molecule has 4 N–H and O–H groups in total. The normalized spacial score (nSPS) is 11.9. The molecule has 1 atom stereocenters. The van der Waals surface area contributed by atoms with Crippen molar-refractivity contribution in [3.8, 4) is 0 Å². The zero-order valence-corrected chi connectivity index (χ0v) is 16.5. The number of benzene rings is 2. The monoisotopic (exact) mass is 412 g/mol. The van der Waals surface area contributed by atoms with Crippen LogP contribution in [0.5, 0.6) is 0 Å². The van der Waals surface area contributed by atoms with Gasteiger partial charge in [0.2, 0.25) is 11.8 Å². The fourth-order valence-electron chi connectivity index (χ4n) is 3.01. The average molecular weight is 412 g/mol. The summed E-state index contributed by atoms with van der Waals surface area (Å²) in [6.07, 6.45) is 2.18. The minimum atomic E-state index is -0.987. The Morgan fingerprint density at radius 1 is 1.14 bits per heavy atom. The molecule has 2 amide bonds. The van der Waals surface area contributed by atoms with Crippen LogP contribution in [0.3, 0.4) is 0 Å². The quantitative estimate of drug-likeness (QED) is 0.545. The van der Waals surface area contributed by atoms with Crippen LogP contribution in [0.2, 0.25) is 0 Å². The molecule has 0 bridgehead atoms. The molecule has 2 aromatic carbocycles. The predicted molar refractivity (Wildman–Crippen MR) is 114 cm³/mol. The maximum atomic E-state index is 13.0. The van der Waals surface area contributed by atoms with Gasteiger partial charge in [0.1, 0.15) is 6.04 Å². The van der Waals surface area contributed by atoms with E-state index in [0.29, 0.717) is 34.3 Å². The van der Waals surface area contributed by atoms with Crippen LogP contribution in [0.15, 0.2) is 58.1 Å². The van der Waals surface area contributed by atoms with Gasteiger partial charge < -0.3 is 16.0 Å². The van der Waals surface area contributed by atoms with E-state index in [1.165, 1.54) is 36.0 Å². The summed E-state index contributed by atoms with van der Waals surface area (Å²) in [5.41, 5.74) is 5.22. The summed E-state index contributed by atoms with van der Waals surface area (Å²) in [6, 6.07) is 11.7. The van der Waals surface area contributed by atoms with E-state index in [2.05, 4.69) is 10.3 Å². The summed E-state index contributed by atoms with van der Waals surface area (Å²) in [5, 5.41) is 3.04. The van der Waals surface area contributed by atoms with E-state index in [1.54, 1.807) is 24.3 Å². The van der Waals surface area contributed by atoms with Gasteiger partial charge in [-0.2, -0.15) is 11.8 Å². The molecule has 0 aliphatic heterocycles. The molecule has 1 aromatic heterocycles. The molecule has 29 heavy (non-hydrogen) atoms. The number of rotatable bonds is 7. The second kappa shape index (κ2) is 8.78. The molecule has 1 heterocycles. The molecule has 3 aromatic rings. The lowest BCUT2D eigenvalue weighted by Gasteiger charge is -2.19. The maximum Gasteiger partial charge on any atom is 0.329 e. The lowest BCUT2D eigenvalue weighted by molar-refractivity contribution is -0.119. The SMILES string of the molecule is CSCCC(C(=O)Nc1ccc(C(N)=O)cc1)n1c(=O)[nH]c2ccccc2c1=O. The summed E-state index contributed by atoms with van der Waals surface area (Å²) in [5.74, 6) is -0.485. The molecule has 150 valence electrons. The smallest absolute Gasteiger partial charge is 0.329 e. The third-order valence-corrected chi connectivity index (χ3v) is 5.13. The lowest BCUT2D eigenvalue weighted by atomic mass is 10.1. The van der Waals surface area contributed by atoms with Gasteiger partial charge >= 0.3 is 5.69 Å². The number of amides is 2. The number of anilines is 1. The number of primary amides is 1. The topological polar surface area (TPSA) is 127 Å². The number of fused-ring (bicyclic) bond motifs is 1. The predicted octanol–water partition coefficient (Wildman–Crippen LogP) is 1.72. The van der Waals surface area contributed by atoms with E-state index in [4.69, 9.17) is 5.73 Å². The van der Waals surface area contributed by atoms with Crippen molar-refractivity contribution in [2.75, 3.05) is 17.3 Å². The highest BCUT2D eigenvalue weighted by molar-refractivity contribution is 7.98. The third-order valence-electron chi connectivity index (χ3n) is 4.48. The van der Waals surface area contributed by atoms with Crippen molar-refractivity contribution in [1.82, 2.24) is 9.55 Å². The molecule has 9 heteroatoms. The molecular formula is C20H20N4O4S. The number of hydrogen-bond acceptors (Lipinski definition) is 5. The first-order chi connectivity index (χ1) is 13.9. The van der Waals surface area contributed by atoms with Crippen LogP contribution < -0.4 is 22.3 Å². The Kier molecular flexibility index (Phi) is 6.18. The number of H-pyrrole nitrogens is 1. The molecular weight excluding hydrogens is 392 g/mol. The molecule has 0 radical (unpaired) electrons. The Morgan fingerprint density at radius 2 is 1.83 bits per heavy atom. The zero-order chi connectivity index (χ0) is 21.0. The highest BCUT2D eigenvalue weighted by Gasteiger charge is 2.24. The van der Waals surface area contributed by atoms with Gasteiger partial charge in [-0.05, 0) is 54.8 Å². The van der Waals surface area contributed by atoms with Gasteiger partial charge in [-0.25, -0.2) is 9.36 Å². The van der Waals surface area contributed by atoms with Crippen molar-refractivity contribution in [3.63, 3.8) is 0 Å².